The van der Waals surface area contributed by atoms with E-state index in [4.69, 9.17) is 37.7 Å². The van der Waals surface area contributed by atoms with Crippen molar-refractivity contribution in [3.05, 3.63) is 140 Å². The monoisotopic (exact) mass is 833 g/mol. The summed E-state index contributed by atoms with van der Waals surface area (Å²) in [5.74, 6) is -1.43. The van der Waals surface area contributed by atoms with Crippen LogP contribution in [0.5, 0.6) is 11.5 Å². The highest BCUT2D eigenvalue weighted by Crippen LogP contribution is 2.38. The van der Waals surface area contributed by atoms with E-state index in [1.807, 2.05) is 43.5 Å². The number of aromatic nitrogens is 2. The fraction of sp³-hybridized carbons (Fsp3) is 0.222. The van der Waals surface area contributed by atoms with Crippen LogP contribution in [0.2, 0.25) is 10.0 Å². The third-order valence-electron chi connectivity index (χ3n) is 10.00. The first-order valence-corrected chi connectivity index (χ1v) is 19.3. The number of aliphatic hydroxyl groups excluding tert-OH is 1. The van der Waals surface area contributed by atoms with E-state index in [1.54, 1.807) is 37.4 Å². The van der Waals surface area contributed by atoms with E-state index in [9.17, 15) is 30.2 Å². The van der Waals surface area contributed by atoms with E-state index in [0.29, 0.717) is 45.3 Å². The van der Waals surface area contributed by atoms with Crippen LogP contribution in [0.25, 0.3) is 33.2 Å². The van der Waals surface area contributed by atoms with Gasteiger partial charge in [0, 0.05) is 59.8 Å². The van der Waals surface area contributed by atoms with Crippen molar-refractivity contribution in [3.63, 3.8) is 0 Å². The number of nitriles is 1. The summed E-state index contributed by atoms with van der Waals surface area (Å²) in [4.78, 5) is 31.7. The number of hydrogen-bond acceptors (Lipinski definition) is 10. The molecule has 0 radical (unpaired) electrons. The van der Waals surface area contributed by atoms with E-state index < -0.39 is 30.6 Å². The van der Waals surface area contributed by atoms with Crippen LogP contribution >= 0.6 is 23.2 Å². The number of carbonyl (C=O) groups is 2. The molecule has 12 nitrogen and oxygen atoms in total. The van der Waals surface area contributed by atoms with E-state index in [0.717, 1.165) is 49.9 Å². The second-order valence-corrected chi connectivity index (χ2v) is 14.8. The van der Waals surface area contributed by atoms with Gasteiger partial charge in [0.15, 0.2) is 0 Å². The van der Waals surface area contributed by atoms with Gasteiger partial charge in [-0.05, 0) is 90.0 Å². The van der Waals surface area contributed by atoms with Gasteiger partial charge in [0.25, 0.3) is 0 Å². The summed E-state index contributed by atoms with van der Waals surface area (Å²) in [7, 11) is 0. The van der Waals surface area contributed by atoms with Crippen molar-refractivity contribution < 1.29 is 34.4 Å². The van der Waals surface area contributed by atoms with Crippen molar-refractivity contribution >= 4 is 46.0 Å². The number of nitrogens with one attached hydrogen (secondary N) is 2. The Balaban J connectivity index is 1.25. The number of fused-ring (bicyclic) bond motifs is 1. The van der Waals surface area contributed by atoms with Gasteiger partial charge in [-0.15, -0.1) is 0 Å². The summed E-state index contributed by atoms with van der Waals surface area (Å²) in [5, 5.41) is 44.9. The number of aliphatic hydroxyl groups is 1. The number of ether oxygens (including phenoxy) is 2. The van der Waals surface area contributed by atoms with Crippen LogP contribution in [0.4, 0.5) is 0 Å². The second-order valence-electron chi connectivity index (χ2n) is 14.0. The fourth-order valence-electron chi connectivity index (χ4n) is 6.61. The van der Waals surface area contributed by atoms with Crippen molar-refractivity contribution in [2.75, 3.05) is 6.61 Å². The minimum atomic E-state index is -1.20. The van der Waals surface area contributed by atoms with Crippen LogP contribution in [0.3, 0.4) is 0 Å². The molecular formula is C45H41Cl2N5O7. The number of rotatable bonds is 17. The SMILES string of the molecule is Cc1c(COc2cc(OCc3cncc(C#N)c3)c(CN[C@@H](CO)C(=O)O)cc2Cl)cccc1-c1cccc(-c2cnc3c(Cl)cc(CNC(C)C(=O)O)cc3c2)c1C. The third-order valence-corrected chi connectivity index (χ3v) is 10.6. The number of carboxylic acids is 2. The first kappa shape index (κ1) is 42.5. The molecule has 0 spiro atoms. The highest BCUT2D eigenvalue weighted by molar-refractivity contribution is 6.35. The van der Waals surface area contributed by atoms with Gasteiger partial charge in [0.1, 0.15) is 42.9 Å². The summed E-state index contributed by atoms with van der Waals surface area (Å²) in [6, 6.07) is 23.0. The Morgan fingerprint density at radius 2 is 1.51 bits per heavy atom. The average Bonchev–Trinajstić information content (AvgIpc) is 3.22. The van der Waals surface area contributed by atoms with Crippen molar-refractivity contribution in [2.45, 2.75) is 59.2 Å². The van der Waals surface area contributed by atoms with Gasteiger partial charge in [0.05, 0.1) is 27.7 Å². The molecule has 302 valence electrons. The molecular weight excluding hydrogens is 793 g/mol. The summed E-state index contributed by atoms with van der Waals surface area (Å²) < 4.78 is 12.5. The van der Waals surface area contributed by atoms with Gasteiger partial charge in [-0.2, -0.15) is 5.26 Å². The molecule has 0 aliphatic heterocycles. The molecule has 6 aromatic rings. The van der Waals surface area contributed by atoms with Crippen LogP contribution in [-0.2, 0) is 35.9 Å². The average molecular weight is 835 g/mol. The van der Waals surface area contributed by atoms with Crippen molar-refractivity contribution in [2.24, 2.45) is 0 Å². The van der Waals surface area contributed by atoms with E-state index in [2.05, 4.69) is 46.8 Å². The molecule has 5 N–H and O–H groups in total. The van der Waals surface area contributed by atoms with Gasteiger partial charge >= 0.3 is 11.9 Å². The molecule has 2 aromatic heterocycles. The zero-order valence-corrected chi connectivity index (χ0v) is 33.9. The predicted molar refractivity (Wildman–Crippen MR) is 225 cm³/mol. The maximum absolute atomic E-state index is 11.5. The molecule has 6 rings (SSSR count). The zero-order chi connectivity index (χ0) is 42.2. The summed E-state index contributed by atoms with van der Waals surface area (Å²) >= 11 is 13.3. The Labute approximate surface area is 351 Å². The lowest BCUT2D eigenvalue weighted by atomic mass is 9.89. The Kier molecular flexibility index (Phi) is 13.8. The third kappa shape index (κ3) is 10.2. The lowest BCUT2D eigenvalue weighted by Gasteiger charge is -2.19. The fourth-order valence-corrected chi connectivity index (χ4v) is 7.15. The quantitative estimate of drug-likeness (QED) is 0.0597. The molecule has 59 heavy (non-hydrogen) atoms. The van der Waals surface area contributed by atoms with Gasteiger partial charge in [-0.1, -0.05) is 59.6 Å². The van der Waals surface area contributed by atoms with Crippen molar-refractivity contribution in [1.29, 1.82) is 5.26 Å². The van der Waals surface area contributed by atoms with Crippen molar-refractivity contribution in [3.8, 4) is 39.8 Å². The molecule has 0 bridgehead atoms. The first-order valence-electron chi connectivity index (χ1n) is 18.6. The maximum Gasteiger partial charge on any atom is 0.323 e. The highest BCUT2D eigenvalue weighted by atomic mass is 35.5. The van der Waals surface area contributed by atoms with E-state index in [-0.39, 0.29) is 24.8 Å². The molecule has 0 fully saturated rings. The van der Waals surface area contributed by atoms with Crippen LogP contribution < -0.4 is 20.1 Å². The maximum atomic E-state index is 11.5. The highest BCUT2D eigenvalue weighted by Gasteiger charge is 2.19. The van der Waals surface area contributed by atoms with E-state index in [1.165, 1.54) is 6.20 Å². The molecule has 0 saturated carbocycles. The number of carboxylic acid groups (broad SMARTS) is 2. The van der Waals surface area contributed by atoms with Crippen LogP contribution in [-0.4, -0.2) is 55.9 Å². The second kappa shape index (κ2) is 19.1. The molecule has 1 unspecified atom stereocenters. The van der Waals surface area contributed by atoms with E-state index >= 15 is 0 Å². The predicted octanol–water partition coefficient (Wildman–Crippen LogP) is 8.01. The number of hydrogen-bond donors (Lipinski definition) is 5. The van der Waals surface area contributed by atoms with Crippen LogP contribution in [0, 0.1) is 25.2 Å². The zero-order valence-electron chi connectivity index (χ0n) is 32.4. The van der Waals surface area contributed by atoms with Gasteiger partial charge in [0.2, 0.25) is 0 Å². The molecule has 0 aliphatic carbocycles. The molecule has 2 atom stereocenters. The van der Waals surface area contributed by atoms with Crippen LogP contribution in [0.1, 0.15) is 45.9 Å². The Morgan fingerprint density at radius 1 is 0.780 bits per heavy atom. The summed E-state index contributed by atoms with van der Waals surface area (Å²) in [6.07, 6.45) is 4.84. The topological polar surface area (TPSA) is 187 Å². The molecule has 14 heteroatoms. The molecule has 2 heterocycles. The summed E-state index contributed by atoms with van der Waals surface area (Å²) in [5.41, 5.74) is 9.99. The first-order chi connectivity index (χ1) is 28.4. The molecule has 0 saturated heterocycles. The number of benzene rings is 4. The van der Waals surface area contributed by atoms with Gasteiger partial charge in [-0.25, -0.2) is 0 Å². The normalized spacial score (nSPS) is 12.2. The minimum Gasteiger partial charge on any atom is -0.488 e. The molecule has 0 amide bonds. The van der Waals surface area contributed by atoms with Crippen LogP contribution in [0.15, 0.2) is 91.4 Å². The smallest absolute Gasteiger partial charge is 0.323 e. The summed E-state index contributed by atoms with van der Waals surface area (Å²) in [6.45, 7) is 5.69. The van der Waals surface area contributed by atoms with Gasteiger partial charge < -0.3 is 30.1 Å². The Hall–Kier alpha value is -6.07. The minimum absolute atomic E-state index is 0.0262. The standard InChI is InChI=1S/C45H41Cl2N5O7/c1-25-31(24-59-42-15-41(58-23-30-10-29(16-48)17-49-18-30)34(14-38(42)46)21-51-40(22-53)45(56)57)6-4-8-36(25)37-9-5-7-35(26(37)2)33-13-32-11-28(19-50-27(3)44(54)55)12-39(47)43(32)52-20-33/h4-15,17-18,20,27,40,50-51,53H,19,21-24H2,1-3H3,(H,54,55)(H,56,57)/t27?,40-/m0/s1. The molecule has 0 aliphatic rings. The number of pyridine rings is 2. The number of halogens is 2. The lowest BCUT2D eigenvalue weighted by molar-refractivity contribution is -0.141. The Morgan fingerprint density at radius 3 is 2.24 bits per heavy atom. The number of aliphatic carboxylic acids is 2. The van der Waals surface area contributed by atoms with Gasteiger partial charge in [-0.3, -0.25) is 24.9 Å². The Bertz CT molecular complexity index is 2580. The largest absolute Gasteiger partial charge is 0.488 e. The number of nitrogens with zero attached hydrogens (tertiary/aromatic N) is 3. The lowest BCUT2D eigenvalue weighted by Crippen LogP contribution is -2.39. The van der Waals surface area contributed by atoms with Crippen molar-refractivity contribution in [1.82, 2.24) is 20.6 Å². The molecule has 4 aromatic carbocycles.